The second kappa shape index (κ2) is 18.9. The quantitative estimate of drug-likeness (QED) is 0.0323. The van der Waals surface area contributed by atoms with Gasteiger partial charge in [0.1, 0.15) is 36.1 Å². The highest BCUT2D eigenvalue weighted by Gasteiger charge is 2.23. The summed E-state index contributed by atoms with van der Waals surface area (Å²) in [5.74, 6) is -1.09. The molecular formula is C40H46N4O8. The van der Waals surface area contributed by atoms with Crippen LogP contribution in [-0.2, 0) is 25.7 Å². The molecule has 0 spiro atoms. The lowest BCUT2D eigenvalue weighted by molar-refractivity contribution is -0.148. The number of nitrogens with one attached hydrogen (secondary N) is 3. The molecule has 0 aliphatic heterocycles. The number of unbranched alkanes of at least 4 members (excludes halogenated alkanes) is 1. The fraction of sp³-hybridized carbons (Fsp3) is 0.325. The molecule has 12 heteroatoms. The maximum absolute atomic E-state index is 13.1. The van der Waals surface area contributed by atoms with Crippen LogP contribution in [0.1, 0.15) is 67.9 Å². The molecule has 0 radical (unpaired) electrons. The van der Waals surface area contributed by atoms with Crippen molar-refractivity contribution in [2.24, 2.45) is 11.7 Å². The lowest BCUT2D eigenvalue weighted by Gasteiger charge is -2.20. The number of hydrogen-bond donors (Lipinski definition) is 4. The first-order chi connectivity index (χ1) is 24.9. The Balaban J connectivity index is 1.23. The fourth-order valence-corrected chi connectivity index (χ4v) is 5.14. The van der Waals surface area contributed by atoms with Crippen LogP contribution in [0.15, 0.2) is 91.0 Å². The van der Waals surface area contributed by atoms with Crippen molar-refractivity contribution in [2.45, 2.75) is 58.7 Å². The number of amidine groups is 1. The monoisotopic (exact) mass is 710 g/mol. The smallest absolute Gasteiger partial charge is 0.407 e. The SMILES string of the molecule is CC(C)(C)OC(=O)NCCCC[C@H](CC(=O)OCc1ccccc1)C(=O)NCCOc1ccc(C(=O)Oc2ccc3cc(C(=N)N)ccc3c2)cc1. The summed E-state index contributed by atoms with van der Waals surface area (Å²) in [7, 11) is 0. The summed E-state index contributed by atoms with van der Waals surface area (Å²) in [4.78, 5) is 50.5. The minimum Gasteiger partial charge on any atom is -0.492 e. The molecule has 274 valence electrons. The van der Waals surface area contributed by atoms with Gasteiger partial charge in [-0.25, -0.2) is 9.59 Å². The maximum atomic E-state index is 13.1. The van der Waals surface area contributed by atoms with E-state index in [1.165, 1.54) is 0 Å². The summed E-state index contributed by atoms with van der Waals surface area (Å²) in [5.41, 5.74) is 6.77. The molecule has 0 aliphatic rings. The van der Waals surface area contributed by atoms with Gasteiger partial charge in [0.2, 0.25) is 5.91 Å². The second-order valence-corrected chi connectivity index (χ2v) is 13.2. The zero-order valence-corrected chi connectivity index (χ0v) is 29.7. The standard InChI is InChI=1S/C40H46N4O8/c1-40(2,3)52-39(48)44-20-8-7-11-32(25-35(45)50-26-27-9-5-4-6-10-27)37(46)43-21-22-49-33-17-14-28(15-18-33)38(47)51-34-19-16-29-23-31(36(41)42)13-12-30(29)24-34/h4-6,9-10,12-19,23-24,32H,7-8,11,20-22,25-26H2,1-3H3,(H3,41,42)(H,43,46)(H,44,48)/t32-/m1/s1. The van der Waals surface area contributed by atoms with E-state index in [9.17, 15) is 19.2 Å². The van der Waals surface area contributed by atoms with E-state index in [1.54, 1.807) is 75.4 Å². The third-order valence-corrected chi connectivity index (χ3v) is 7.77. The number of carbonyl (C=O) groups excluding carboxylic acids is 4. The van der Waals surface area contributed by atoms with E-state index in [1.807, 2.05) is 36.4 Å². The minimum absolute atomic E-state index is 0.0215. The fourth-order valence-electron chi connectivity index (χ4n) is 5.14. The number of rotatable bonds is 17. The summed E-state index contributed by atoms with van der Waals surface area (Å²) >= 11 is 0. The average Bonchev–Trinajstić information content (AvgIpc) is 3.11. The van der Waals surface area contributed by atoms with Gasteiger partial charge in [0.15, 0.2) is 0 Å². The Morgan fingerprint density at radius 3 is 2.17 bits per heavy atom. The predicted molar refractivity (Wildman–Crippen MR) is 197 cm³/mol. The highest BCUT2D eigenvalue weighted by molar-refractivity contribution is 5.99. The van der Waals surface area contributed by atoms with Gasteiger partial charge in [-0.3, -0.25) is 15.0 Å². The molecule has 4 aromatic rings. The first-order valence-electron chi connectivity index (χ1n) is 17.1. The first kappa shape index (κ1) is 38.9. The number of hydrogen-bond acceptors (Lipinski definition) is 9. The average molecular weight is 711 g/mol. The highest BCUT2D eigenvalue weighted by Crippen LogP contribution is 2.23. The van der Waals surface area contributed by atoms with Crippen molar-refractivity contribution in [3.63, 3.8) is 0 Å². The van der Waals surface area contributed by atoms with E-state index < -0.39 is 29.6 Å². The van der Waals surface area contributed by atoms with Crippen LogP contribution in [0.4, 0.5) is 4.79 Å². The molecular weight excluding hydrogens is 664 g/mol. The van der Waals surface area contributed by atoms with Crippen molar-refractivity contribution >= 4 is 40.5 Å². The first-order valence-corrected chi connectivity index (χ1v) is 17.1. The Kier molecular flexibility index (Phi) is 14.1. The Morgan fingerprint density at radius 2 is 1.46 bits per heavy atom. The van der Waals surface area contributed by atoms with E-state index in [2.05, 4.69) is 10.6 Å². The van der Waals surface area contributed by atoms with Crippen molar-refractivity contribution in [1.29, 1.82) is 5.41 Å². The van der Waals surface area contributed by atoms with Gasteiger partial charge in [-0.2, -0.15) is 0 Å². The lowest BCUT2D eigenvalue weighted by atomic mass is 9.97. The number of benzene rings is 4. The summed E-state index contributed by atoms with van der Waals surface area (Å²) < 4.78 is 22.0. The molecule has 0 fully saturated rings. The maximum Gasteiger partial charge on any atom is 0.407 e. The molecule has 12 nitrogen and oxygen atoms in total. The van der Waals surface area contributed by atoms with Gasteiger partial charge in [0.25, 0.3) is 0 Å². The Morgan fingerprint density at radius 1 is 0.788 bits per heavy atom. The molecule has 4 rings (SSSR count). The van der Waals surface area contributed by atoms with Crippen molar-refractivity contribution in [1.82, 2.24) is 10.6 Å². The zero-order valence-electron chi connectivity index (χ0n) is 29.7. The van der Waals surface area contributed by atoms with Crippen LogP contribution in [0.25, 0.3) is 10.8 Å². The summed E-state index contributed by atoms with van der Waals surface area (Å²) in [6, 6.07) is 26.3. The van der Waals surface area contributed by atoms with Crippen LogP contribution in [0.2, 0.25) is 0 Å². The molecule has 0 aliphatic carbocycles. The van der Waals surface area contributed by atoms with Crippen molar-refractivity contribution in [3.05, 3.63) is 108 Å². The predicted octanol–water partition coefficient (Wildman–Crippen LogP) is 6.28. The van der Waals surface area contributed by atoms with Gasteiger partial charge in [0, 0.05) is 18.0 Å². The van der Waals surface area contributed by atoms with Crippen molar-refractivity contribution in [2.75, 3.05) is 19.7 Å². The molecule has 0 saturated heterocycles. The zero-order chi connectivity index (χ0) is 37.5. The lowest BCUT2D eigenvalue weighted by Crippen LogP contribution is -2.35. The third kappa shape index (κ3) is 13.1. The van der Waals surface area contributed by atoms with E-state index in [0.29, 0.717) is 48.4 Å². The highest BCUT2D eigenvalue weighted by atomic mass is 16.6. The van der Waals surface area contributed by atoms with E-state index >= 15 is 0 Å². The number of nitrogens with two attached hydrogens (primary N) is 1. The second-order valence-electron chi connectivity index (χ2n) is 13.2. The number of ether oxygens (including phenoxy) is 4. The molecule has 0 heterocycles. The molecule has 52 heavy (non-hydrogen) atoms. The van der Waals surface area contributed by atoms with Crippen LogP contribution in [0.3, 0.4) is 0 Å². The summed E-state index contributed by atoms with van der Waals surface area (Å²) in [5, 5.41) is 14.9. The molecule has 0 bridgehead atoms. The van der Waals surface area contributed by atoms with Crippen LogP contribution >= 0.6 is 0 Å². The minimum atomic E-state index is -0.629. The molecule has 1 atom stereocenters. The number of nitrogen functional groups attached to an aromatic ring is 1. The van der Waals surface area contributed by atoms with Gasteiger partial charge < -0.3 is 35.3 Å². The van der Waals surface area contributed by atoms with Crippen LogP contribution in [0, 0.1) is 11.3 Å². The van der Waals surface area contributed by atoms with Crippen molar-refractivity contribution < 1.29 is 38.1 Å². The Bertz CT molecular complexity index is 1840. The van der Waals surface area contributed by atoms with Gasteiger partial charge in [-0.05, 0) is 92.4 Å². The number of amides is 2. The molecule has 0 unspecified atom stereocenters. The summed E-state index contributed by atoms with van der Waals surface area (Å²) in [6.07, 6.45) is 1.01. The number of carbonyl (C=O) groups is 4. The van der Waals surface area contributed by atoms with E-state index in [-0.39, 0.29) is 37.9 Å². The normalized spacial score (nSPS) is 11.6. The van der Waals surface area contributed by atoms with Crippen molar-refractivity contribution in [3.8, 4) is 11.5 Å². The van der Waals surface area contributed by atoms with Gasteiger partial charge in [0.05, 0.1) is 18.5 Å². The summed E-state index contributed by atoms with van der Waals surface area (Å²) in [6.45, 7) is 6.20. The topological polar surface area (TPSA) is 179 Å². The van der Waals surface area contributed by atoms with Crippen LogP contribution in [0.5, 0.6) is 11.5 Å². The van der Waals surface area contributed by atoms with Gasteiger partial charge >= 0.3 is 18.0 Å². The van der Waals surface area contributed by atoms with Gasteiger partial charge in [-0.1, -0.05) is 55.0 Å². The largest absolute Gasteiger partial charge is 0.492 e. The molecule has 0 saturated carbocycles. The molecule has 4 aromatic carbocycles. The number of alkyl carbamates (subject to hydrolysis) is 1. The van der Waals surface area contributed by atoms with Crippen LogP contribution < -0.4 is 25.8 Å². The van der Waals surface area contributed by atoms with Gasteiger partial charge in [-0.15, -0.1) is 0 Å². The third-order valence-electron chi connectivity index (χ3n) is 7.77. The number of esters is 2. The Hall–Kier alpha value is -5.91. The molecule has 2 amide bonds. The van der Waals surface area contributed by atoms with E-state index in [4.69, 9.17) is 30.1 Å². The Labute approximate surface area is 303 Å². The molecule has 5 N–H and O–H groups in total. The van der Waals surface area contributed by atoms with Crippen LogP contribution in [-0.4, -0.2) is 55.1 Å². The van der Waals surface area contributed by atoms with E-state index in [0.717, 1.165) is 16.3 Å². The number of fused-ring (bicyclic) bond motifs is 1. The molecule has 0 aromatic heterocycles.